The molecule has 0 saturated carbocycles. The third-order valence-electron chi connectivity index (χ3n) is 2.05. The van der Waals surface area contributed by atoms with Gasteiger partial charge in [-0.1, -0.05) is 20.3 Å². The lowest BCUT2D eigenvalue weighted by molar-refractivity contribution is 0.337. The quantitative estimate of drug-likeness (QED) is 0.615. The fraction of sp³-hybridized carbons (Fsp3) is 1.00. The van der Waals surface area contributed by atoms with Gasteiger partial charge in [-0.15, -0.1) is 0 Å². The summed E-state index contributed by atoms with van der Waals surface area (Å²) in [5, 5.41) is 3.47. The van der Waals surface area contributed by atoms with Gasteiger partial charge in [0.1, 0.15) is 0 Å². The first-order valence-corrected chi connectivity index (χ1v) is 4.63. The summed E-state index contributed by atoms with van der Waals surface area (Å²) >= 11 is 0. The van der Waals surface area contributed by atoms with Crippen molar-refractivity contribution >= 4 is 0 Å². The summed E-state index contributed by atoms with van der Waals surface area (Å²) < 4.78 is 0. The van der Waals surface area contributed by atoms with Crippen molar-refractivity contribution < 1.29 is 0 Å². The minimum atomic E-state index is 0.171. The maximum atomic E-state index is 5.67. The first kappa shape index (κ1) is 10.9. The third kappa shape index (κ3) is 4.38. The molecule has 0 amide bonds. The van der Waals surface area contributed by atoms with Crippen molar-refractivity contribution in [2.75, 3.05) is 13.1 Å². The lowest BCUT2D eigenvalue weighted by Gasteiger charge is -2.29. The molecule has 0 heterocycles. The van der Waals surface area contributed by atoms with Crippen molar-refractivity contribution in [3.8, 4) is 0 Å². The van der Waals surface area contributed by atoms with Crippen LogP contribution in [0.15, 0.2) is 0 Å². The molecule has 3 N–H and O–H groups in total. The van der Waals surface area contributed by atoms with Gasteiger partial charge in [0.25, 0.3) is 0 Å². The average molecular weight is 158 g/mol. The van der Waals surface area contributed by atoms with Gasteiger partial charge in [-0.05, 0) is 26.3 Å². The van der Waals surface area contributed by atoms with Crippen LogP contribution in [-0.4, -0.2) is 18.6 Å². The van der Waals surface area contributed by atoms with E-state index in [1.165, 1.54) is 19.3 Å². The summed E-state index contributed by atoms with van der Waals surface area (Å²) in [5.74, 6) is 0. The molecular weight excluding hydrogens is 136 g/mol. The van der Waals surface area contributed by atoms with Crippen LogP contribution in [0.25, 0.3) is 0 Å². The molecule has 0 saturated heterocycles. The Bertz CT molecular complexity index is 93.6. The van der Waals surface area contributed by atoms with E-state index in [0.717, 1.165) is 13.1 Å². The lowest BCUT2D eigenvalue weighted by Crippen LogP contribution is -2.48. The van der Waals surface area contributed by atoms with E-state index in [1.54, 1.807) is 0 Å². The Labute approximate surface area is 70.5 Å². The number of nitrogens with two attached hydrogens (primary N) is 1. The van der Waals surface area contributed by atoms with Crippen molar-refractivity contribution in [2.45, 2.75) is 45.6 Å². The molecule has 68 valence electrons. The van der Waals surface area contributed by atoms with Crippen molar-refractivity contribution in [1.82, 2.24) is 5.32 Å². The van der Waals surface area contributed by atoms with E-state index in [4.69, 9.17) is 5.73 Å². The zero-order valence-corrected chi connectivity index (χ0v) is 8.11. The highest BCUT2D eigenvalue weighted by Crippen LogP contribution is 2.09. The monoisotopic (exact) mass is 158 g/mol. The molecule has 1 atom stereocenters. The summed E-state index contributed by atoms with van der Waals surface area (Å²) in [6, 6.07) is 0. The second kappa shape index (κ2) is 5.56. The predicted octanol–water partition coefficient (Wildman–Crippen LogP) is 1.50. The molecule has 0 aliphatic carbocycles. The molecule has 0 aromatic rings. The van der Waals surface area contributed by atoms with Gasteiger partial charge >= 0.3 is 0 Å². The zero-order chi connectivity index (χ0) is 8.74. The molecule has 0 spiro atoms. The van der Waals surface area contributed by atoms with Crippen molar-refractivity contribution in [3.63, 3.8) is 0 Å². The smallest absolute Gasteiger partial charge is 0.0275 e. The first-order chi connectivity index (χ1) is 5.18. The van der Waals surface area contributed by atoms with Crippen LogP contribution in [0.5, 0.6) is 0 Å². The van der Waals surface area contributed by atoms with E-state index in [9.17, 15) is 0 Å². The van der Waals surface area contributed by atoms with E-state index in [2.05, 4.69) is 26.1 Å². The summed E-state index contributed by atoms with van der Waals surface area (Å²) in [6.07, 6.45) is 3.55. The molecule has 1 unspecified atom stereocenters. The highest BCUT2D eigenvalue weighted by atomic mass is 15.0. The van der Waals surface area contributed by atoms with Gasteiger partial charge in [-0.3, -0.25) is 0 Å². The van der Waals surface area contributed by atoms with Gasteiger partial charge in [0.2, 0.25) is 0 Å². The van der Waals surface area contributed by atoms with Crippen molar-refractivity contribution in [3.05, 3.63) is 0 Å². The minimum Gasteiger partial charge on any atom is -0.329 e. The van der Waals surface area contributed by atoms with Gasteiger partial charge in [-0.25, -0.2) is 0 Å². The maximum Gasteiger partial charge on any atom is 0.0275 e. The van der Waals surface area contributed by atoms with E-state index >= 15 is 0 Å². The molecular formula is C9H22N2. The Balaban J connectivity index is 3.68. The van der Waals surface area contributed by atoms with Crippen LogP contribution < -0.4 is 11.1 Å². The molecule has 2 heteroatoms. The first-order valence-electron chi connectivity index (χ1n) is 4.63. The van der Waals surface area contributed by atoms with E-state index in [0.29, 0.717) is 0 Å². The molecule has 0 aliphatic rings. The summed E-state index contributed by atoms with van der Waals surface area (Å²) in [5.41, 5.74) is 5.84. The fourth-order valence-corrected chi connectivity index (χ4v) is 1.24. The van der Waals surface area contributed by atoms with Crippen LogP contribution >= 0.6 is 0 Å². The van der Waals surface area contributed by atoms with E-state index in [-0.39, 0.29) is 5.54 Å². The maximum absolute atomic E-state index is 5.67. The standard InChI is InChI=1S/C9H22N2/c1-4-6-9(3,8-10)11-7-5-2/h11H,4-8,10H2,1-3H3. The SMILES string of the molecule is CCCNC(C)(CN)CCC. The topological polar surface area (TPSA) is 38.0 Å². The lowest BCUT2D eigenvalue weighted by atomic mass is 9.96. The van der Waals surface area contributed by atoms with Gasteiger partial charge in [-0.2, -0.15) is 0 Å². The van der Waals surface area contributed by atoms with Gasteiger partial charge in [0.05, 0.1) is 0 Å². The molecule has 0 rings (SSSR count). The number of nitrogens with one attached hydrogen (secondary N) is 1. The summed E-state index contributed by atoms with van der Waals surface area (Å²) in [4.78, 5) is 0. The van der Waals surface area contributed by atoms with E-state index in [1.807, 2.05) is 0 Å². The number of hydrogen-bond donors (Lipinski definition) is 2. The minimum absolute atomic E-state index is 0.171. The molecule has 0 aromatic carbocycles. The number of rotatable bonds is 6. The Hall–Kier alpha value is -0.0800. The summed E-state index contributed by atoms with van der Waals surface area (Å²) in [6.45, 7) is 8.39. The number of hydrogen-bond acceptors (Lipinski definition) is 2. The Morgan fingerprint density at radius 3 is 2.27 bits per heavy atom. The van der Waals surface area contributed by atoms with Crippen LogP contribution in [0.2, 0.25) is 0 Å². The molecule has 0 aromatic heterocycles. The molecule has 2 nitrogen and oxygen atoms in total. The second-order valence-electron chi connectivity index (χ2n) is 3.44. The highest BCUT2D eigenvalue weighted by Gasteiger charge is 2.18. The van der Waals surface area contributed by atoms with Crippen molar-refractivity contribution in [2.24, 2.45) is 5.73 Å². The van der Waals surface area contributed by atoms with Crippen LogP contribution in [0.3, 0.4) is 0 Å². The third-order valence-corrected chi connectivity index (χ3v) is 2.05. The van der Waals surface area contributed by atoms with E-state index < -0.39 is 0 Å². The Kier molecular flexibility index (Phi) is 5.51. The van der Waals surface area contributed by atoms with Crippen LogP contribution in [-0.2, 0) is 0 Å². The zero-order valence-electron chi connectivity index (χ0n) is 8.11. The van der Waals surface area contributed by atoms with Crippen molar-refractivity contribution in [1.29, 1.82) is 0 Å². The molecule has 11 heavy (non-hydrogen) atoms. The largest absolute Gasteiger partial charge is 0.329 e. The fourth-order valence-electron chi connectivity index (χ4n) is 1.24. The van der Waals surface area contributed by atoms with Gasteiger partial charge in [0, 0.05) is 12.1 Å². The Morgan fingerprint density at radius 1 is 1.27 bits per heavy atom. The molecule has 0 aliphatic heterocycles. The van der Waals surface area contributed by atoms with Gasteiger partial charge < -0.3 is 11.1 Å². The van der Waals surface area contributed by atoms with Crippen LogP contribution in [0.4, 0.5) is 0 Å². The Morgan fingerprint density at radius 2 is 1.91 bits per heavy atom. The highest BCUT2D eigenvalue weighted by molar-refractivity contribution is 4.82. The second-order valence-corrected chi connectivity index (χ2v) is 3.44. The molecule has 0 fully saturated rings. The average Bonchev–Trinajstić information content (AvgIpc) is 2.02. The van der Waals surface area contributed by atoms with Gasteiger partial charge in [0.15, 0.2) is 0 Å². The predicted molar refractivity (Wildman–Crippen MR) is 50.7 cm³/mol. The molecule has 0 bridgehead atoms. The molecule has 0 radical (unpaired) electrons. The summed E-state index contributed by atoms with van der Waals surface area (Å²) in [7, 11) is 0. The van der Waals surface area contributed by atoms with Crippen LogP contribution in [0.1, 0.15) is 40.0 Å². The normalized spacial score (nSPS) is 16.4. The van der Waals surface area contributed by atoms with Crippen LogP contribution in [0, 0.1) is 0 Å².